The van der Waals surface area contributed by atoms with E-state index in [1.807, 2.05) is 23.5 Å². The van der Waals surface area contributed by atoms with Gasteiger partial charge in [0.25, 0.3) is 0 Å². The molecule has 0 N–H and O–H groups in total. The number of hydrogen-bond donors (Lipinski definition) is 0. The molecule has 1 aliphatic rings. The second-order valence-electron chi connectivity index (χ2n) is 14.4. The van der Waals surface area contributed by atoms with Gasteiger partial charge >= 0.3 is 0 Å². The van der Waals surface area contributed by atoms with Crippen molar-refractivity contribution in [2.24, 2.45) is 10.9 Å². The van der Waals surface area contributed by atoms with Crippen LogP contribution in [0.2, 0.25) is 0 Å². The van der Waals surface area contributed by atoms with E-state index in [0.717, 1.165) is 45.3 Å². The lowest BCUT2D eigenvalue weighted by Crippen LogP contribution is -2.17. The maximum Gasteiger partial charge on any atom is 0.136 e. The lowest BCUT2D eigenvalue weighted by Gasteiger charge is -2.25. The summed E-state index contributed by atoms with van der Waals surface area (Å²) >= 11 is 1.86. The third-order valence-corrected chi connectivity index (χ3v) is 12.4. The Morgan fingerprint density at radius 1 is 0.566 bits per heavy atom. The van der Waals surface area contributed by atoms with Gasteiger partial charge in [0.2, 0.25) is 0 Å². The highest BCUT2D eigenvalue weighted by Gasteiger charge is 2.24. The third-order valence-electron chi connectivity index (χ3n) is 11.2. The van der Waals surface area contributed by atoms with Crippen LogP contribution in [0.5, 0.6) is 0 Å². The third kappa shape index (κ3) is 5.34. The maximum absolute atomic E-state index is 6.22. The molecule has 10 rings (SSSR count). The molecule has 0 saturated carbocycles. The van der Waals surface area contributed by atoms with Crippen LogP contribution >= 0.6 is 11.3 Å². The summed E-state index contributed by atoms with van der Waals surface area (Å²) in [5.41, 5.74) is 14.0. The van der Waals surface area contributed by atoms with Crippen LogP contribution in [0.3, 0.4) is 0 Å². The minimum atomic E-state index is 0.114. The number of allylic oxidation sites excluding steroid dienone is 3. The molecule has 2 nitrogen and oxygen atoms in total. The summed E-state index contributed by atoms with van der Waals surface area (Å²) < 4.78 is 8.85. The predicted octanol–water partition coefficient (Wildman–Crippen LogP) is 14.5. The van der Waals surface area contributed by atoms with E-state index in [1.165, 1.54) is 69.9 Å². The van der Waals surface area contributed by atoms with Crippen LogP contribution in [-0.4, -0.2) is 5.71 Å². The van der Waals surface area contributed by atoms with E-state index >= 15 is 0 Å². The summed E-state index contributed by atoms with van der Waals surface area (Å²) in [6.45, 7) is 6.90. The molecule has 1 aliphatic heterocycles. The monoisotopic (exact) mass is 699 g/mol. The molecule has 1 atom stereocenters. The van der Waals surface area contributed by atoms with E-state index in [-0.39, 0.29) is 5.92 Å². The highest BCUT2D eigenvalue weighted by atomic mass is 32.1. The summed E-state index contributed by atoms with van der Waals surface area (Å²) in [6.07, 6.45) is 0.855. The Kier molecular flexibility index (Phi) is 7.52. The van der Waals surface area contributed by atoms with E-state index in [1.54, 1.807) is 0 Å². The Labute approximate surface area is 313 Å². The molecule has 7 aromatic carbocycles. The molecule has 0 aliphatic carbocycles. The number of furan rings is 1. The first-order valence-electron chi connectivity index (χ1n) is 18.4. The lowest BCUT2D eigenvalue weighted by molar-refractivity contribution is 0.669. The fraction of sp³-hybridized carbons (Fsp3) is 0.100. The van der Waals surface area contributed by atoms with E-state index in [2.05, 4.69) is 160 Å². The summed E-state index contributed by atoms with van der Waals surface area (Å²) in [5, 5.41) is 7.32. The van der Waals surface area contributed by atoms with E-state index in [0.29, 0.717) is 0 Å². The largest absolute Gasteiger partial charge is 0.456 e. The van der Waals surface area contributed by atoms with Gasteiger partial charge in [-0.25, -0.2) is 0 Å². The molecule has 0 spiro atoms. The second kappa shape index (κ2) is 12.6. The smallest absolute Gasteiger partial charge is 0.136 e. The molecule has 0 saturated heterocycles. The van der Waals surface area contributed by atoms with Gasteiger partial charge in [0.15, 0.2) is 0 Å². The number of nitrogens with zero attached hydrogens (tertiary/aromatic N) is 1. The highest BCUT2D eigenvalue weighted by molar-refractivity contribution is 7.25. The molecular weight excluding hydrogens is 663 g/mol. The number of benzene rings is 7. The summed E-state index contributed by atoms with van der Waals surface area (Å²) in [6, 6.07) is 54.9. The molecule has 1 unspecified atom stereocenters. The molecule has 9 aromatic rings. The van der Waals surface area contributed by atoms with Gasteiger partial charge in [-0.15, -0.1) is 11.3 Å². The molecule has 0 amide bonds. The van der Waals surface area contributed by atoms with Crippen molar-refractivity contribution in [1.82, 2.24) is 0 Å². The van der Waals surface area contributed by atoms with Crippen molar-refractivity contribution in [1.29, 1.82) is 0 Å². The SMILES string of the molecule is C/C1=C(\c2ccc3sc4ccccc4c3c2)N=C(c2ccc3cc(-c4cccc5oc6ccccc6c45)ccc3c2)C(C)/C(C)=C(/c2ccccc2)C1. The molecule has 0 bridgehead atoms. The highest BCUT2D eigenvalue weighted by Crippen LogP contribution is 2.41. The zero-order chi connectivity index (χ0) is 35.6. The predicted molar refractivity (Wildman–Crippen MR) is 228 cm³/mol. The zero-order valence-electron chi connectivity index (χ0n) is 30.0. The molecule has 0 fully saturated rings. The van der Waals surface area contributed by atoms with Gasteiger partial charge in [0.05, 0.1) is 11.4 Å². The zero-order valence-corrected chi connectivity index (χ0v) is 30.8. The van der Waals surface area contributed by atoms with Crippen LogP contribution in [0.25, 0.3) is 75.3 Å². The summed E-state index contributed by atoms with van der Waals surface area (Å²) in [5.74, 6) is 0.114. The molecule has 2 aromatic heterocycles. The van der Waals surface area contributed by atoms with Crippen molar-refractivity contribution < 1.29 is 4.42 Å². The van der Waals surface area contributed by atoms with Gasteiger partial charge in [0.1, 0.15) is 11.2 Å². The number of fused-ring (bicyclic) bond motifs is 7. The summed E-state index contributed by atoms with van der Waals surface area (Å²) in [4.78, 5) is 5.67. The second-order valence-corrected chi connectivity index (χ2v) is 15.5. The minimum Gasteiger partial charge on any atom is -0.456 e. The van der Waals surface area contributed by atoms with Gasteiger partial charge < -0.3 is 4.42 Å². The van der Waals surface area contributed by atoms with Crippen molar-refractivity contribution in [2.75, 3.05) is 0 Å². The number of para-hydroxylation sites is 1. The number of thiophene rings is 1. The maximum atomic E-state index is 6.22. The average Bonchev–Trinajstić information content (AvgIpc) is 3.77. The molecular formula is C50H37NOS. The first-order chi connectivity index (χ1) is 26.0. The van der Waals surface area contributed by atoms with E-state index in [9.17, 15) is 0 Å². The van der Waals surface area contributed by atoms with Crippen molar-refractivity contribution in [3.63, 3.8) is 0 Å². The normalized spacial score (nSPS) is 18.2. The Morgan fingerprint density at radius 3 is 2.09 bits per heavy atom. The van der Waals surface area contributed by atoms with Crippen molar-refractivity contribution >= 4 is 81.2 Å². The fourth-order valence-electron chi connectivity index (χ4n) is 8.32. The summed E-state index contributed by atoms with van der Waals surface area (Å²) in [7, 11) is 0. The lowest BCUT2D eigenvalue weighted by atomic mass is 9.82. The Hall–Kier alpha value is -6.03. The fourth-order valence-corrected chi connectivity index (χ4v) is 9.41. The van der Waals surface area contributed by atoms with E-state index in [4.69, 9.17) is 9.41 Å². The first-order valence-corrected chi connectivity index (χ1v) is 19.2. The van der Waals surface area contributed by atoms with Gasteiger partial charge in [-0.2, -0.15) is 0 Å². The molecule has 254 valence electrons. The van der Waals surface area contributed by atoms with Crippen molar-refractivity contribution in [2.45, 2.75) is 27.2 Å². The molecule has 3 heteroatoms. The van der Waals surface area contributed by atoms with Crippen LogP contribution in [0, 0.1) is 5.92 Å². The van der Waals surface area contributed by atoms with Gasteiger partial charge in [0, 0.05) is 42.4 Å². The van der Waals surface area contributed by atoms with Crippen LogP contribution in [0.4, 0.5) is 0 Å². The molecule has 53 heavy (non-hydrogen) atoms. The number of rotatable bonds is 4. The Morgan fingerprint density at radius 2 is 1.25 bits per heavy atom. The van der Waals surface area contributed by atoms with Crippen molar-refractivity contribution in [3.05, 3.63) is 179 Å². The minimum absolute atomic E-state index is 0.114. The molecule has 0 radical (unpaired) electrons. The van der Waals surface area contributed by atoms with E-state index < -0.39 is 0 Å². The topological polar surface area (TPSA) is 25.5 Å². The van der Waals surface area contributed by atoms with Crippen LogP contribution in [0.15, 0.2) is 172 Å². The number of aliphatic imine (C=N–C) groups is 1. The standard InChI is InChI=1S/C50H37NOS/c1-30-26-42(33-12-5-4-6-13-33)31(2)32(3)50(51-49(30)38-24-25-47-43(29-38)40-14-8-10-19-46(40)53-47)37-23-21-34-27-36(22-20-35(34)28-37)39-16-11-18-45-48(39)41-15-7-9-17-44(41)52-45/h4-25,27-29,32H,26H2,1-3H3/b42-31+,49-30-,51-50?. The quantitative estimate of drug-likeness (QED) is 0.180. The Balaban J connectivity index is 1.13. The average molecular weight is 700 g/mol. The molecule has 3 heterocycles. The van der Waals surface area contributed by atoms with Gasteiger partial charge in [-0.1, -0.05) is 122 Å². The van der Waals surface area contributed by atoms with Crippen LogP contribution < -0.4 is 0 Å². The number of hydrogen-bond acceptors (Lipinski definition) is 3. The van der Waals surface area contributed by atoms with Gasteiger partial charge in [-0.3, -0.25) is 4.99 Å². The first kappa shape index (κ1) is 31.7. The van der Waals surface area contributed by atoms with Crippen molar-refractivity contribution in [3.8, 4) is 11.1 Å². The van der Waals surface area contributed by atoms with Gasteiger partial charge in [-0.05, 0) is 107 Å². The van der Waals surface area contributed by atoms with Crippen LogP contribution in [0.1, 0.15) is 43.9 Å². The van der Waals surface area contributed by atoms with Crippen LogP contribution in [-0.2, 0) is 0 Å². The Bertz CT molecular complexity index is 3010.